The van der Waals surface area contributed by atoms with E-state index >= 15 is 0 Å². The van der Waals surface area contributed by atoms with Crippen LogP contribution in [0.5, 0.6) is 0 Å². The molecule has 1 aliphatic carbocycles. The number of pyridine rings is 2. The van der Waals surface area contributed by atoms with Gasteiger partial charge in [0.05, 0.1) is 24.8 Å². The fourth-order valence-corrected chi connectivity index (χ4v) is 3.81. The lowest BCUT2D eigenvalue weighted by atomic mass is 9.79. The van der Waals surface area contributed by atoms with Crippen LogP contribution in [0, 0.1) is 0 Å². The summed E-state index contributed by atoms with van der Waals surface area (Å²) >= 11 is 0. The largest absolute Gasteiger partial charge is 0.444 e. The molecule has 0 aliphatic heterocycles. The van der Waals surface area contributed by atoms with Crippen molar-refractivity contribution in [2.45, 2.75) is 63.7 Å². The summed E-state index contributed by atoms with van der Waals surface area (Å²) in [6.45, 7) is 5.55. The number of nitrogens with zero attached hydrogens (tertiary/aromatic N) is 3. The molecule has 2 N–H and O–H groups in total. The third-order valence-electron chi connectivity index (χ3n) is 5.32. The lowest BCUT2D eigenvalue weighted by Gasteiger charge is -2.41. The first kappa shape index (κ1) is 24.8. The molecule has 10 heteroatoms. The number of methoxy groups -OCH3 is 1. The fourth-order valence-electron chi connectivity index (χ4n) is 3.81. The highest BCUT2D eigenvalue weighted by atomic mass is 16.7. The molecule has 33 heavy (non-hydrogen) atoms. The van der Waals surface area contributed by atoms with E-state index in [0.29, 0.717) is 29.6 Å². The minimum absolute atomic E-state index is 0.0686. The van der Waals surface area contributed by atoms with Gasteiger partial charge in [0.25, 0.3) is 5.91 Å². The van der Waals surface area contributed by atoms with Crippen molar-refractivity contribution in [3.05, 3.63) is 30.6 Å². The van der Waals surface area contributed by atoms with Crippen LogP contribution in [0.4, 0.5) is 10.5 Å². The maximum Gasteiger partial charge on any atom is 0.407 e. The molecule has 3 rings (SSSR count). The summed E-state index contributed by atoms with van der Waals surface area (Å²) in [5.74, 6) is -0.697. The molecule has 180 valence electrons. The number of anilines is 1. The smallest absolute Gasteiger partial charge is 0.407 e. The topological polar surface area (TPSA) is 123 Å². The Morgan fingerprint density at radius 1 is 1.21 bits per heavy atom. The minimum Gasteiger partial charge on any atom is -0.444 e. The zero-order chi connectivity index (χ0) is 24.1. The molecular weight excluding hydrogens is 428 g/mol. The molecule has 0 saturated heterocycles. The molecule has 1 saturated carbocycles. The van der Waals surface area contributed by atoms with Crippen LogP contribution in [-0.2, 0) is 19.1 Å². The summed E-state index contributed by atoms with van der Waals surface area (Å²) in [4.78, 5) is 40.6. The molecule has 0 bridgehead atoms. The number of hydrogen-bond acceptors (Lipinski definition) is 8. The van der Waals surface area contributed by atoms with Crippen molar-refractivity contribution >= 4 is 28.7 Å². The van der Waals surface area contributed by atoms with Crippen molar-refractivity contribution in [1.29, 1.82) is 0 Å². The molecule has 0 spiro atoms. The molecule has 2 unspecified atom stereocenters. The molecule has 0 radical (unpaired) electrons. The molecular formula is C23H32N4O6. The fraction of sp³-hybridized carbons (Fsp3) is 0.565. The van der Waals surface area contributed by atoms with E-state index in [0.717, 1.165) is 11.5 Å². The van der Waals surface area contributed by atoms with Gasteiger partial charge in [0.1, 0.15) is 16.8 Å². The van der Waals surface area contributed by atoms with Crippen molar-refractivity contribution in [2.24, 2.45) is 0 Å². The predicted molar refractivity (Wildman–Crippen MR) is 121 cm³/mol. The van der Waals surface area contributed by atoms with E-state index in [2.05, 4.69) is 15.3 Å². The number of ether oxygens (including phenoxy) is 2. The maximum atomic E-state index is 13.8. The van der Waals surface area contributed by atoms with E-state index in [1.54, 1.807) is 51.4 Å². The molecule has 10 nitrogen and oxygen atoms in total. The van der Waals surface area contributed by atoms with Crippen LogP contribution in [0.2, 0.25) is 0 Å². The SMILES string of the molecule is COCCON(C(=O)C1(O)CCCCC1NC(=O)OC(C)(C)C)c1ccnc2cccnc12. The van der Waals surface area contributed by atoms with Crippen LogP contribution in [0.25, 0.3) is 11.0 Å². The third-order valence-corrected chi connectivity index (χ3v) is 5.32. The van der Waals surface area contributed by atoms with E-state index in [4.69, 9.17) is 14.3 Å². The number of aromatic nitrogens is 2. The van der Waals surface area contributed by atoms with Crippen LogP contribution in [0.15, 0.2) is 30.6 Å². The Hall–Kier alpha value is -2.82. The van der Waals surface area contributed by atoms with E-state index in [9.17, 15) is 14.7 Å². The second kappa shape index (κ2) is 10.4. The highest BCUT2D eigenvalue weighted by molar-refractivity contribution is 6.03. The normalized spacial score (nSPS) is 20.9. The summed E-state index contributed by atoms with van der Waals surface area (Å²) in [6, 6.07) is 4.27. The van der Waals surface area contributed by atoms with Crippen molar-refractivity contribution in [3.63, 3.8) is 0 Å². The molecule has 1 fully saturated rings. The number of rotatable bonds is 7. The Morgan fingerprint density at radius 2 is 2.00 bits per heavy atom. The van der Waals surface area contributed by atoms with E-state index in [1.807, 2.05) is 0 Å². The van der Waals surface area contributed by atoms with Gasteiger partial charge >= 0.3 is 6.09 Å². The number of hydroxylamine groups is 1. The average molecular weight is 461 g/mol. The highest BCUT2D eigenvalue weighted by Crippen LogP contribution is 2.34. The first-order valence-electron chi connectivity index (χ1n) is 11.0. The molecule has 2 amide bonds. The van der Waals surface area contributed by atoms with Crippen molar-refractivity contribution in [1.82, 2.24) is 15.3 Å². The maximum absolute atomic E-state index is 13.8. The van der Waals surface area contributed by atoms with Crippen LogP contribution in [0.1, 0.15) is 46.5 Å². The average Bonchev–Trinajstić information content (AvgIpc) is 2.76. The Morgan fingerprint density at radius 3 is 2.73 bits per heavy atom. The summed E-state index contributed by atoms with van der Waals surface area (Å²) < 4.78 is 10.4. The second-order valence-corrected chi connectivity index (χ2v) is 9.00. The number of amides is 2. The lowest BCUT2D eigenvalue weighted by Crippen LogP contribution is -2.63. The van der Waals surface area contributed by atoms with Gasteiger partial charge in [-0.25, -0.2) is 4.79 Å². The molecule has 0 aromatic carbocycles. The second-order valence-electron chi connectivity index (χ2n) is 9.00. The Kier molecular flexibility index (Phi) is 7.83. The van der Waals surface area contributed by atoms with Gasteiger partial charge in [0.2, 0.25) is 0 Å². The van der Waals surface area contributed by atoms with Crippen LogP contribution < -0.4 is 10.4 Å². The summed E-state index contributed by atoms with van der Waals surface area (Å²) in [5.41, 5.74) is -1.24. The van der Waals surface area contributed by atoms with Gasteiger partial charge in [-0.1, -0.05) is 6.42 Å². The predicted octanol–water partition coefficient (Wildman–Crippen LogP) is 2.74. The van der Waals surface area contributed by atoms with Crippen LogP contribution in [-0.4, -0.2) is 64.6 Å². The van der Waals surface area contributed by atoms with Gasteiger partial charge in [-0.05, 0) is 58.2 Å². The zero-order valence-corrected chi connectivity index (χ0v) is 19.5. The van der Waals surface area contributed by atoms with Gasteiger partial charge in [-0.15, -0.1) is 0 Å². The van der Waals surface area contributed by atoms with Crippen LogP contribution in [0.3, 0.4) is 0 Å². The Labute approximate surface area is 193 Å². The van der Waals surface area contributed by atoms with Crippen molar-refractivity contribution in [2.75, 3.05) is 25.4 Å². The quantitative estimate of drug-likeness (QED) is 0.478. The lowest BCUT2D eigenvalue weighted by molar-refractivity contribution is -0.151. The Balaban J connectivity index is 1.94. The first-order valence-corrected chi connectivity index (χ1v) is 11.0. The van der Waals surface area contributed by atoms with Gasteiger partial charge in [0.15, 0.2) is 5.60 Å². The van der Waals surface area contributed by atoms with Crippen molar-refractivity contribution < 1.29 is 29.0 Å². The number of nitrogens with one attached hydrogen (secondary N) is 1. The van der Waals surface area contributed by atoms with Gasteiger partial charge < -0.3 is 19.9 Å². The third kappa shape index (κ3) is 5.95. The number of carbonyl (C=O) groups is 2. The minimum atomic E-state index is -1.90. The standard InChI is InChI=1S/C23H32N4O6/c1-22(2,3)33-21(29)26-18-9-5-6-11-23(18,30)20(28)27(32-15-14-31-4)17-10-13-24-16-8-7-12-25-19(16)17/h7-8,10,12-13,18,30H,5-6,9,11,14-15H2,1-4H3,(H,26,29). The van der Waals surface area contributed by atoms with E-state index < -0.39 is 29.2 Å². The number of alkyl carbamates (subject to hydrolysis) is 1. The summed E-state index contributed by atoms with van der Waals surface area (Å²) in [7, 11) is 1.52. The summed E-state index contributed by atoms with van der Waals surface area (Å²) in [6.07, 6.45) is 4.39. The van der Waals surface area contributed by atoms with Crippen molar-refractivity contribution in [3.8, 4) is 0 Å². The molecule has 2 atom stereocenters. The zero-order valence-electron chi connectivity index (χ0n) is 19.5. The Bertz CT molecular complexity index is 974. The number of fused-ring (bicyclic) bond motifs is 1. The first-order chi connectivity index (χ1) is 15.7. The molecule has 1 aliphatic rings. The van der Waals surface area contributed by atoms with Crippen LogP contribution >= 0.6 is 0 Å². The molecule has 2 aromatic heterocycles. The van der Waals surface area contributed by atoms with Gasteiger partial charge in [-0.2, -0.15) is 5.06 Å². The number of aliphatic hydroxyl groups is 1. The number of carbonyl (C=O) groups excluding carboxylic acids is 2. The van der Waals surface area contributed by atoms with E-state index in [1.165, 1.54) is 7.11 Å². The monoisotopic (exact) mass is 460 g/mol. The highest BCUT2D eigenvalue weighted by Gasteiger charge is 2.50. The van der Waals surface area contributed by atoms with E-state index in [-0.39, 0.29) is 19.6 Å². The number of hydrogen-bond donors (Lipinski definition) is 2. The molecule has 2 heterocycles. The summed E-state index contributed by atoms with van der Waals surface area (Å²) in [5, 5.41) is 15.3. The van der Waals surface area contributed by atoms with Gasteiger partial charge in [-0.3, -0.25) is 19.6 Å². The molecule has 2 aromatic rings. The van der Waals surface area contributed by atoms with Gasteiger partial charge in [0, 0.05) is 19.5 Å².